The fraction of sp³-hybridized carbons (Fsp3) is 0.400. The van der Waals surface area contributed by atoms with Gasteiger partial charge in [-0.2, -0.15) is 5.10 Å². The van der Waals surface area contributed by atoms with Gasteiger partial charge in [0.25, 0.3) is 0 Å². The first-order valence-corrected chi connectivity index (χ1v) is 7.53. The highest BCUT2D eigenvalue weighted by atomic mass is 79.9. The number of hydrogen-bond donors (Lipinski definition) is 1. The Morgan fingerprint density at radius 3 is 2.75 bits per heavy atom. The molecule has 1 aromatic carbocycles. The van der Waals surface area contributed by atoms with E-state index in [1.54, 1.807) is 10.7 Å². The Balaban J connectivity index is 2.25. The Hall–Kier alpha value is -1.20. The topological polar surface area (TPSA) is 38.0 Å². The van der Waals surface area contributed by atoms with Gasteiger partial charge in [0.2, 0.25) is 0 Å². The van der Waals surface area contributed by atoms with E-state index in [-0.39, 0.29) is 5.82 Å². The molecule has 108 valence electrons. The van der Waals surface area contributed by atoms with E-state index in [1.165, 1.54) is 12.1 Å². The van der Waals surface area contributed by atoms with E-state index in [0.29, 0.717) is 13.0 Å². The summed E-state index contributed by atoms with van der Waals surface area (Å²) in [5, 5.41) is 14.8. The highest BCUT2D eigenvalue weighted by Gasteiger charge is 2.17. The number of rotatable bonds is 5. The van der Waals surface area contributed by atoms with Crippen LogP contribution in [0.25, 0.3) is 0 Å². The third kappa shape index (κ3) is 3.27. The van der Waals surface area contributed by atoms with Crippen LogP contribution in [0.15, 0.2) is 28.7 Å². The molecule has 2 rings (SSSR count). The zero-order valence-corrected chi connectivity index (χ0v) is 13.2. The van der Waals surface area contributed by atoms with Crippen molar-refractivity contribution in [1.29, 1.82) is 0 Å². The summed E-state index contributed by atoms with van der Waals surface area (Å²) in [7, 11) is 0. The van der Waals surface area contributed by atoms with Crippen LogP contribution in [0.5, 0.6) is 0 Å². The van der Waals surface area contributed by atoms with Gasteiger partial charge in [-0.3, -0.25) is 4.68 Å². The standard InChI is InChI=1S/C15H18BrFN2O/c1-3-12-9-14(19(4-2)18-12)15(20)8-10-7-11(17)5-6-13(10)16/h5-7,9,15,20H,3-4,8H2,1-2H3. The number of aromatic nitrogens is 2. The lowest BCUT2D eigenvalue weighted by Crippen LogP contribution is -2.10. The van der Waals surface area contributed by atoms with E-state index in [2.05, 4.69) is 21.0 Å². The first-order valence-electron chi connectivity index (χ1n) is 6.73. The fourth-order valence-electron chi connectivity index (χ4n) is 2.19. The van der Waals surface area contributed by atoms with Crippen LogP contribution in [0.4, 0.5) is 4.39 Å². The lowest BCUT2D eigenvalue weighted by Gasteiger charge is -2.13. The molecule has 2 aromatic rings. The number of aliphatic hydroxyl groups is 1. The molecule has 0 radical (unpaired) electrons. The largest absolute Gasteiger partial charge is 0.386 e. The average molecular weight is 341 g/mol. The first-order chi connectivity index (χ1) is 9.55. The summed E-state index contributed by atoms with van der Waals surface area (Å²) in [6.07, 6.45) is 0.490. The zero-order valence-electron chi connectivity index (χ0n) is 11.6. The Bertz CT molecular complexity index is 598. The monoisotopic (exact) mass is 340 g/mol. The van der Waals surface area contributed by atoms with Crippen molar-refractivity contribution < 1.29 is 9.50 Å². The third-order valence-electron chi connectivity index (χ3n) is 3.29. The van der Waals surface area contributed by atoms with Crippen molar-refractivity contribution in [3.8, 4) is 0 Å². The van der Waals surface area contributed by atoms with Crippen LogP contribution in [0.1, 0.15) is 36.9 Å². The van der Waals surface area contributed by atoms with E-state index in [4.69, 9.17) is 0 Å². The Morgan fingerprint density at radius 2 is 2.10 bits per heavy atom. The molecule has 0 aliphatic heterocycles. The van der Waals surface area contributed by atoms with Gasteiger partial charge in [-0.1, -0.05) is 22.9 Å². The normalized spacial score (nSPS) is 12.7. The van der Waals surface area contributed by atoms with Crippen molar-refractivity contribution in [3.05, 3.63) is 51.5 Å². The van der Waals surface area contributed by atoms with Gasteiger partial charge in [0, 0.05) is 17.4 Å². The molecule has 5 heteroatoms. The van der Waals surface area contributed by atoms with Crippen molar-refractivity contribution in [1.82, 2.24) is 9.78 Å². The predicted molar refractivity (Wildman–Crippen MR) is 80.0 cm³/mol. The average Bonchev–Trinajstić information content (AvgIpc) is 2.86. The highest BCUT2D eigenvalue weighted by molar-refractivity contribution is 9.10. The molecular weight excluding hydrogens is 323 g/mol. The van der Waals surface area contributed by atoms with Gasteiger partial charge in [-0.05, 0) is 43.2 Å². The number of benzene rings is 1. The zero-order chi connectivity index (χ0) is 14.7. The summed E-state index contributed by atoms with van der Waals surface area (Å²) in [6.45, 7) is 4.72. The molecule has 1 atom stereocenters. The van der Waals surface area contributed by atoms with Gasteiger partial charge >= 0.3 is 0 Å². The molecule has 20 heavy (non-hydrogen) atoms. The molecule has 0 fully saturated rings. The Labute approximate surface area is 126 Å². The van der Waals surface area contributed by atoms with E-state index < -0.39 is 6.10 Å². The molecule has 0 bridgehead atoms. The number of nitrogens with zero attached hydrogens (tertiary/aromatic N) is 2. The van der Waals surface area contributed by atoms with Gasteiger partial charge in [-0.25, -0.2) is 4.39 Å². The second kappa shape index (κ2) is 6.50. The van der Waals surface area contributed by atoms with E-state index in [0.717, 1.165) is 27.8 Å². The van der Waals surface area contributed by atoms with Crippen LogP contribution in [0, 0.1) is 5.82 Å². The Kier molecular flexibility index (Phi) is 4.94. The highest BCUT2D eigenvalue weighted by Crippen LogP contribution is 2.25. The first kappa shape index (κ1) is 15.2. The molecule has 0 spiro atoms. The minimum atomic E-state index is -0.694. The van der Waals surface area contributed by atoms with Gasteiger partial charge < -0.3 is 5.11 Å². The molecule has 0 aliphatic carbocycles. The molecule has 1 heterocycles. The second-order valence-corrected chi connectivity index (χ2v) is 5.54. The van der Waals surface area contributed by atoms with Crippen molar-refractivity contribution in [3.63, 3.8) is 0 Å². The van der Waals surface area contributed by atoms with Crippen LogP contribution in [-0.2, 0) is 19.4 Å². The van der Waals surface area contributed by atoms with Crippen molar-refractivity contribution in [2.75, 3.05) is 0 Å². The molecule has 3 nitrogen and oxygen atoms in total. The Morgan fingerprint density at radius 1 is 1.35 bits per heavy atom. The summed E-state index contributed by atoms with van der Waals surface area (Å²) in [6, 6.07) is 6.42. The fourth-order valence-corrected chi connectivity index (χ4v) is 2.60. The third-order valence-corrected chi connectivity index (χ3v) is 4.06. The summed E-state index contributed by atoms with van der Waals surface area (Å²) in [4.78, 5) is 0. The lowest BCUT2D eigenvalue weighted by atomic mass is 10.0. The molecule has 0 aliphatic rings. The summed E-state index contributed by atoms with van der Waals surface area (Å²) in [5.41, 5.74) is 2.49. The maximum Gasteiger partial charge on any atom is 0.123 e. The number of hydrogen-bond acceptors (Lipinski definition) is 2. The van der Waals surface area contributed by atoms with E-state index >= 15 is 0 Å². The summed E-state index contributed by atoms with van der Waals surface area (Å²) in [5.74, 6) is -0.298. The van der Waals surface area contributed by atoms with Gasteiger partial charge in [0.05, 0.1) is 17.5 Å². The smallest absolute Gasteiger partial charge is 0.123 e. The molecule has 0 amide bonds. The maximum atomic E-state index is 13.3. The predicted octanol–water partition coefficient (Wildman–Crippen LogP) is 3.64. The number of aryl methyl sites for hydroxylation is 2. The molecule has 1 N–H and O–H groups in total. The molecule has 0 saturated heterocycles. The summed E-state index contributed by atoms with van der Waals surface area (Å²) >= 11 is 3.39. The van der Waals surface area contributed by atoms with Gasteiger partial charge in [-0.15, -0.1) is 0 Å². The van der Waals surface area contributed by atoms with Crippen LogP contribution in [0.2, 0.25) is 0 Å². The molecule has 1 aromatic heterocycles. The molecule has 1 unspecified atom stereocenters. The second-order valence-electron chi connectivity index (χ2n) is 4.69. The van der Waals surface area contributed by atoms with Crippen molar-refractivity contribution in [2.24, 2.45) is 0 Å². The van der Waals surface area contributed by atoms with Crippen LogP contribution in [0.3, 0.4) is 0 Å². The van der Waals surface area contributed by atoms with E-state index in [1.807, 2.05) is 19.9 Å². The lowest BCUT2D eigenvalue weighted by molar-refractivity contribution is 0.167. The SMILES string of the molecule is CCc1cc(C(O)Cc2cc(F)ccc2Br)n(CC)n1. The summed E-state index contributed by atoms with van der Waals surface area (Å²) < 4.78 is 15.9. The van der Waals surface area contributed by atoms with Crippen molar-refractivity contribution in [2.45, 2.75) is 39.3 Å². The van der Waals surface area contributed by atoms with Crippen LogP contribution >= 0.6 is 15.9 Å². The minimum absolute atomic E-state index is 0.298. The van der Waals surface area contributed by atoms with E-state index in [9.17, 15) is 9.50 Å². The number of aliphatic hydroxyl groups excluding tert-OH is 1. The minimum Gasteiger partial charge on any atom is -0.386 e. The van der Waals surface area contributed by atoms with Gasteiger partial charge in [0.15, 0.2) is 0 Å². The van der Waals surface area contributed by atoms with Gasteiger partial charge in [0.1, 0.15) is 5.82 Å². The quantitative estimate of drug-likeness (QED) is 0.902. The number of halogens is 2. The maximum absolute atomic E-state index is 13.3. The van der Waals surface area contributed by atoms with Crippen LogP contribution < -0.4 is 0 Å². The van der Waals surface area contributed by atoms with Crippen LogP contribution in [-0.4, -0.2) is 14.9 Å². The van der Waals surface area contributed by atoms with Crippen molar-refractivity contribution >= 4 is 15.9 Å². The molecular formula is C15H18BrFN2O. The molecule has 0 saturated carbocycles.